The minimum atomic E-state index is -0.0428. The Morgan fingerprint density at radius 1 is 1.36 bits per heavy atom. The second kappa shape index (κ2) is 7.44. The maximum Gasteiger partial charge on any atom is 0.317 e. The van der Waals surface area contributed by atoms with Crippen molar-refractivity contribution >= 4 is 17.6 Å². The molecule has 3 rings (SSSR count). The highest BCUT2D eigenvalue weighted by Gasteiger charge is 2.33. The number of rotatable bonds is 4. The predicted octanol–water partition coefficient (Wildman–Crippen LogP) is 3.21. The number of piperidine rings is 1. The molecular formula is C18H24ClN5O. The van der Waals surface area contributed by atoms with Crippen LogP contribution in [0.5, 0.6) is 0 Å². The third-order valence-electron chi connectivity index (χ3n) is 5.07. The van der Waals surface area contributed by atoms with Crippen LogP contribution in [0.1, 0.15) is 38.1 Å². The van der Waals surface area contributed by atoms with Crippen molar-refractivity contribution in [1.82, 2.24) is 25.0 Å². The largest absolute Gasteiger partial charge is 0.331 e. The predicted molar refractivity (Wildman–Crippen MR) is 97.5 cm³/mol. The van der Waals surface area contributed by atoms with Gasteiger partial charge in [0.2, 0.25) is 0 Å². The first-order chi connectivity index (χ1) is 12.0. The van der Waals surface area contributed by atoms with Crippen molar-refractivity contribution in [2.45, 2.75) is 45.2 Å². The number of halogens is 1. The quantitative estimate of drug-likeness (QED) is 0.909. The van der Waals surface area contributed by atoms with Crippen LogP contribution in [0.2, 0.25) is 5.02 Å². The summed E-state index contributed by atoms with van der Waals surface area (Å²) in [5, 5.41) is 7.83. The maximum absolute atomic E-state index is 12.4. The zero-order valence-corrected chi connectivity index (χ0v) is 15.5. The molecule has 1 fully saturated rings. The molecule has 1 aromatic heterocycles. The molecule has 25 heavy (non-hydrogen) atoms. The summed E-state index contributed by atoms with van der Waals surface area (Å²) < 4.78 is 1.78. The van der Waals surface area contributed by atoms with Gasteiger partial charge in [0.1, 0.15) is 12.2 Å². The van der Waals surface area contributed by atoms with E-state index >= 15 is 0 Å². The van der Waals surface area contributed by atoms with Crippen LogP contribution in [-0.4, -0.2) is 38.8 Å². The molecule has 0 atom stereocenters. The van der Waals surface area contributed by atoms with Crippen LogP contribution >= 0.6 is 11.6 Å². The van der Waals surface area contributed by atoms with Gasteiger partial charge in [0.05, 0.1) is 6.54 Å². The summed E-state index contributed by atoms with van der Waals surface area (Å²) in [6, 6.07) is 8.00. The number of carbonyl (C=O) groups is 1. The Morgan fingerprint density at radius 2 is 2.12 bits per heavy atom. The van der Waals surface area contributed by atoms with Gasteiger partial charge in [0.15, 0.2) is 0 Å². The van der Waals surface area contributed by atoms with E-state index in [2.05, 4.69) is 28.4 Å². The number of carbonyl (C=O) groups excluding carboxylic acids is 1. The second-order valence-corrected chi connectivity index (χ2v) is 7.15. The lowest BCUT2D eigenvalue weighted by molar-refractivity contribution is 0.162. The number of aromatic nitrogens is 3. The third kappa shape index (κ3) is 3.95. The van der Waals surface area contributed by atoms with Gasteiger partial charge in [-0.1, -0.05) is 30.7 Å². The van der Waals surface area contributed by atoms with Crippen molar-refractivity contribution < 1.29 is 4.79 Å². The van der Waals surface area contributed by atoms with Crippen molar-refractivity contribution in [1.29, 1.82) is 0 Å². The monoisotopic (exact) mass is 361 g/mol. The molecule has 0 aliphatic carbocycles. The lowest BCUT2D eigenvalue weighted by Gasteiger charge is -2.39. The molecule has 7 heteroatoms. The van der Waals surface area contributed by atoms with E-state index in [1.54, 1.807) is 4.68 Å². The van der Waals surface area contributed by atoms with Gasteiger partial charge in [-0.25, -0.2) is 14.5 Å². The van der Waals surface area contributed by atoms with E-state index in [9.17, 15) is 4.79 Å². The Labute approximate surface area is 153 Å². The third-order valence-corrected chi connectivity index (χ3v) is 5.30. The molecule has 1 saturated heterocycles. The zero-order valence-electron chi connectivity index (χ0n) is 14.7. The molecule has 2 amide bonds. The maximum atomic E-state index is 12.4. The van der Waals surface area contributed by atoms with Crippen molar-refractivity contribution in [2.75, 3.05) is 13.1 Å². The normalized spacial score (nSPS) is 16.7. The number of aryl methyl sites for hydroxylation is 1. The molecule has 2 heterocycles. The summed E-state index contributed by atoms with van der Waals surface area (Å²) in [7, 11) is 0. The number of hydrogen-bond donors (Lipinski definition) is 1. The highest BCUT2D eigenvalue weighted by molar-refractivity contribution is 6.30. The van der Waals surface area contributed by atoms with Gasteiger partial charge in [-0.3, -0.25) is 0 Å². The molecule has 0 saturated carbocycles. The zero-order chi connectivity index (χ0) is 17.9. The standard InChI is InChI=1S/C18H24ClN5O/c1-3-24-16(21-13-22-24)12-20-17(25)23-9-7-18(2,8-10-23)14-5-4-6-15(19)11-14/h4-6,11,13H,3,7-10,12H2,1-2H3,(H,20,25). The van der Waals surface area contributed by atoms with E-state index in [-0.39, 0.29) is 11.4 Å². The van der Waals surface area contributed by atoms with Crippen molar-refractivity contribution in [3.63, 3.8) is 0 Å². The van der Waals surface area contributed by atoms with Crippen LogP contribution in [0.3, 0.4) is 0 Å². The van der Waals surface area contributed by atoms with E-state index in [4.69, 9.17) is 11.6 Å². The average Bonchev–Trinajstić information content (AvgIpc) is 3.08. The molecule has 6 nitrogen and oxygen atoms in total. The summed E-state index contributed by atoms with van der Waals surface area (Å²) in [4.78, 5) is 18.5. The number of benzene rings is 1. The molecular weight excluding hydrogens is 338 g/mol. The van der Waals surface area contributed by atoms with Gasteiger partial charge in [-0.2, -0.15) is 5.10 Å². The lowest BCUT2D eigenvalue weighted by Crippen LogP contribution is -2.47. The minimum absolute atomic E-state index is 0.0428. The highest BCUT2D eigenvalue weighted by Crippen LogP contribution is 2.35. The first kappa shape index (κ1) is 17.7. The van der Waals surface area contributed by atoms with Crippen molar-refractivity contribution in [3.8, 4) is 0 Å². The van der Waals surface area contributed by atoms with Gasteiger partial charge < -0.3 is 10.2 Å². The van der Waals surface area contributed by atoms with Gasteiger partial charge in [-0.15, -0.1) is 0 Å². The summed E-state index contributed by atoms with van der Waals surface area (Å²) in [5.41, 5.74) is 1.31. The van der Waals surface area contributed by atoms with E-state index in [1.807, 2.05) is 30.0 Å². The Hall–Kier alpha value is -2.08. The molecule has 1 aromatic carbocycles. The van der Waals surface area contributed by atoms with Crippen LogP contribution in [0.4, 0.5) is 4.79 Å². The lowest BCUT2D eigenvalue weighted by atomic mass is 9.74. The molecule has 2 aromatic rings. The molecule has 1 N–H and O–H groups in total. The fourth-order valence-electron chi connectivity index (χ4n) is 3.31. The van der Waals surface area contributed by atoms with Crippen LogP contribution in [0.15, 0.2) is 30.6 Å². The Morgan fingerprint density at radius 3 is 2.80 bits per heavy atom. The summed E-state index contributed by atoms with van der Waals surface area (Å²) in [6.45, 7) is 6.85. The number of urea groups is 1. The van der Waals surface area contributed by atoms with Crippen molar-refractivity contribution in [3.05, 3.63) is 47.0 Å². The van der Waals surface area contributed by atoms with Crippen LogP contribution in [0, 0.1) is 0 Å². The molecule has 1 aliphatic rings. The Balaban J connectivity index is 1.55. The SMILES string of the molecule is CCn1ncnc1CNC(=O)N1CCC(C)(c2cccc(Cl)c2)CC1. The summed E-state index contributed by atoms with van der Waals surface area (Å²) in [5.74, 6) is 0.775. The van der Waals surface area contributed by atoms with Gasteiger partial charge in [0, 0.05) is 24.7 Å². The number of nitrogens with zero attached hydrogens (tertiary/aromatic N) is 4. The molecule has 0 radical (unpaired) electrons. The van der Waals surface area contributed by atoms with Crippen LogP contribution < -0.4 is 5.32 Å². The number of hydrogen-bond acceptors (Lipinski definition) is 3. The van der Waals surface area contributed by atoms with E-state index < -0.39 is 0 Å². The highest BCUT2D eigenvalue weighted by atomic mass is 35.5. The Bertz CT molecular complexity index is 737. The molecule has 134 valence electrons. The van der Waals surface area contributed by atoms with Crippen LogP contribution in [-0.2, 0) is 18.5 Å². The topological polar surface area (TPSA) is 63.1 Å². The first-order valence-corrected chi connectivity index (χ1v) is 9.05. The number of amides is 2. The minimum Gasteiger partial charge on any atom is -0.331 e. The summed E-state index contributed by atoms with van der Waals surface area (Å²) in [6.07, 6.45) is 3.36. The van der Waals surface area contributed by atoms with Gasteiger partial charge in [-0.05, 0) is 42.9 Å². The number of nitrogens with one attached hydrogen (secondary N) is 1. The average molecular weight is 362 g/mol. The number of likely N-dealkylation sites (tertiary alicyclic amines) is 1. The first-order valence-electron chi connectivity index (χ1n) is 8.67. The Kier molecular flexibility index (Phi) is 5.27. The second-order valence-electron chi connectivity index (χ2n) is 6.71. The molecule has 0 unspecified atom stereocenters. The van der Waals surface area contributed by atoms with E-state index in [1.165, 1.54) is 11.9 Å². The fraction of sp³-hybridized carbons (Fsp3) is 0.500. The smallest absolute Gasteiger partial charge is 0.317 e. The van der Waals surface area contributed by atoms with Crippen LogP contribution in [0.25, 0.3) is 0 Å². The molecule has 0 spiro atoms. The fourth-order valence-corrected chi connectivity index (χ4v) is 3.50. The van der Waals surface area contributed by atoms with E-state index in [0.717, 1.165) is 43.3 Å². The molecule has 0 bridgehead atoms. The molecule has 1 aliphatic heterocycles. The van der Waals surface area contributed by atoms with Gasteiger partial charge in [0.25, 0.3) is 0 Å². The van der Waals surface area contributed by atoms with Crippen molar-refractivity contribution in [2.24, 2.45) is 0 Å². The summed E-state index contributed by atoms with van der Waals surface area (Å²) >= 11 is 6.13. The van der Waals surface area contributed by atoms with Gasteiger partial charge >= 0.3 is 6.03 Å². The van der Waals surface area contributed by atoms with E-state index in [0.29, 0.717) is 6.54 Å².